The molecule has 3 heterocycles. The first-order valence-corrected chi connectivity index (χ1v) is 9.52. The second-order valence-corrected chi connectivity index (χ2v) is 6.75. The van der Waals surface area contributed by atoms with Crippen molar-refractivity contribution in [3.8, 4) is 17.3 Å². The minimum atomic E-state index is -0.186. The number of carbonyl (C=O) groups is 1. The maximum atomic E-state index is 12.8. The molecule has 1 aliphatic rings. The Balaban J connectivity index is 1.51. The fourth-order valence-electron chi connectivity index (χ4n) is 3.35. The Hall–Kier alpha value is -3.55. The van der Waals surface area contributed by atoms with Gasteiger partial charge in [0, 0.05) is 24.5 Å². The highest BCUT2D eigenvalue weighted by atomic mass is 16.5. The maximum Gasteiger partial charge on any atom is 0.254 e. The van der Waals surface area contributed by atoms with Gasteiger partial charge < -0.3 is 14.6 Å². The third-order valence-corrected chi connectivity index (χ3v) is 4.82. The first kappa shape index (κ1) is 18.8. The summed E-state index contributed by atoms with van der Waals surface area (Å²) < 4.78 is 5.43. The Morgan fingerprint density at radius 2 is 2.07 bits per heavy atom. The Kier molecular flexibility index (Phi) is 5.33. The van der Waals surface area contributed by atoms with Crippen molar-refractivity contribution in [1.29, 1.82) is 0 Å². The zero-order valence-electron chi connectivity index (χ0n) is 16.1. The van der Waals surface area contributed by atoms with Crippen LogP contribution in [0.3, 0.4) is 0 Å². The maximum absolute atomic E-state index is 12.8. The van der Waals surface area contributed by atoms with E-state index in [1.807, 2.05) is 31.2 Å². The van der Waals surface area contributed by atoms with Gasteiger partial charge in [0.1, 0.15) is 11.4 Å². The lowest BCUT2D eigenvalue weighted by Crippen LogP contribution is -2.40. The van der Waals surface area contributed by atoms with Gasteiger partial charge in [-0.05, 0) is 31.0 Å². The van der Waals surface area contributed by atoms with Crippen LogP contribution in [0.15, 0.2) is 47.7 Å². The quantitative estimate of drug-likeness (QED) is 0.711. The number of aromatic amines is 1. The number of amides is 1. The third-order valence-electron chi connectivity index (χ3n) is 4.82. The SMILES string of the molecule is CCOc1ccc(CC(=O)N2CCc3c(nc(-c4cnccn4)[nH]c3=O)C2)cc1. The molecule has 148 valence electrons. The molecule has 0 atom stereocenters. The molecule has 1 aromatic carbocycles. The van der Waals surface area contributed by atoms with Crippen LogP contribution in [0, 0.1) is 0 Å². The number of ether oxygens (including phenoxy) is 1. The molecule has 2 aromatic heterocycles. The second kappa shape index (κ2) is 8.22. The molecule has 0 saturated carbocycles. The molecule has 0 spiro atoms. The first-order chi connectivity index (χ1) is 14.1. The molecular formula is C21H21N5O3. The van der Waals surface area contributed by atoms with Crippen molar-refractivity contribution in [2.75, 3.05) is 13.2 Å². The smallest absolute Gasteiger partial charge is 0.254 e. The summed E-state index contributed by atoms with van der Waals surface area (Å²) in [4.78, 5) is 42.5. The minimum absolute atomic E-state index is 0.00273. The van der Waals surface area contributed by atoms with E-state index in [9.17, 15) is 9.59 Å². The molecule has 8 nitrogen and oxygen atoms in total. The number of nitrogens with zero attached hydrogens (tertiary/aromatic N) is 4. The van der Waals surface area contributed by atoms with Crippen LogP contribution in [0.25, 0.3) is 11.5 Å². The summed E-state index contributed by atoms with van der Waals surface area (Å²) in [7, 11) is 0. The van der Waals surface area contributed by atoms with E-state index in [0.717, 1.165) is 11.3 Å². The summed E-state index contributed by atoms with van der Waals surface area (Å²) in [5, 5.41) is 0. The fourth-order valence-corrected chi connectivity index (χ4v) is 3.35. The van der Waals surface area contributed by atoms with E-state index in [-0.39, 0.29) is 11.5 Å². The van der Waals surface area contributed by atoms with Gasteiger partial charge in [-0.25, -0.2) is 9.97 Å². The van der Waals surface area contributed by atoms with Crippen LogP contribution in [0.5, 0.6) is 5.75 Å². The van der Waals surface area contributed by atoms with Crippen LogP contribution in [-0.2, 0) is 24.2 Å². The van der Waals surface area contributed by atoms with Crippen molar-refractivity contribution in [1.82, 2.24) is 24.8 Å². The molecule has 0 unspecified atom stereocenters. The van der Waals surface area contributed by atoms with Crippen LogP contribution >= 0.6 is 0 Å². The van der Waals surface area contributed by atoms with Crippen LogP contribution in [0.4, 0.5) is 0 Å². The topological polar surface area (TPSA) is 101 Å². The second-order valence-electron chi connectivity index (χ2n) is 6.75. The molecule has 3 aromatic rings. The van der Waals surface area contributed by atoms with Gasteiger partial charge in [-0.15, -0.1) is 0 Å². The Bertz CT molecular complexity index is 1060. The zero-order valence-corrected chi connectivity index (χ0v) is 16.1. The van der Waals surface area contributed by atoms with Crippen molar-refractivity contribution < 1.29 is 9.53 Å². The van der Waals surface area contributed by atoms with Crippen molar-refractivity contribution >= 4 is 5.91 Å². The van der Waals surface area contributed by atoms with Gasteiger partial charge in [-0.2, -0.15) is 0 Å². The molecule has 0 fully saturated rings. The lowest BCUT2D eigenvalue weighted by atomic mass is 10.0. The van der Waals surface area contributed by atoms with E-state index in [1.54, 1.807) is 23.5 Å². The van der Waals surface area contributed by atoms with Gasteiger partial charge in [-0.1, -0.05) is 12.1 Å². The molecule has 0 saturated heterocycles. The summed E-state index contributed by atoms with van der Waals surface area (Å²) in [6.07, 6.45) is 5.42. The van der Waals surface area contributed by atoms with E-state index in [1.165, 1.54) is 0 Å². The van der Waals surface area contributed by atoms with Crippen LogP contribution in [0.1, 0.15) is 23.7 Å². The highest BCUT2D eigenvalue weighted by molar-refractivity contribution is 5.79. The largest absolute Gasteiger partial charge is 0.494 e. The summed E-state index contributed by atoms with van der Waals surface area (Å²) in [6, 6.07) is 7.53. The van der Waals surface area contributed by atoms with Crippen molar-refractivity contribution in [2.24, 2.45) is 0 Å². The van der Waals surface area contributed by atoms with Gasteiger partial charge >= 0.3 is 0 Å². The minimum Gasteiger partial charge on any atom is -0.494 e. The number of nitrogens with one attached hydrogen (secondary N) is 1. The number of fused-ring (bicyclic) bond motifs is 1. The molecule has 29 heavy (non-hydrogen) atoms. The molecule has 1 N–H and O–H groups in total. The van der Waals surface area contributed by atoms with Crippen LogP contribution in [0.2, 0.25) is 0 Å². The van der Waals surface area contributed by atoms with Gasteiger partial charge in [0.25, 0.3) is 5.56 Å². The van der Waals surface area contributed by atoms with Crippen molar-refractivity contribution in [3.05, 3.63) is 70.0 Å². The van der Waals surface area contributed by atoms with E-state index in [2.05, 4.69) is 19.9 Å². The number of hydrogen-bond acceptors (Lipinski definition) is 6. The highest BCUT2D eigenvalue weighted by Gasteiger charge is 2.25. The summed E-state index contributed by atoms with van der Waals surface area (Å²) in [5.74, 6) is 1.15. The normalized spacial score (nSPS) is 13.1. The number of rotatable bonds is 5. The Labute approximate surface area is 167 Å². The van der Waals surface area contributed by atoms with E-state index in [4.69, 9.17) is 4.74 Å². The lowest BCUT2D eigenvalue weighted by molar-refractivity contribution is -0.131. The fraction of sp³-hybridized carbons (Fsp3) is 0.286. The average Bonchev–Trinajstić information content (AvgIpc) is 2.75. The molecule has 4 rings (SSSR count). The van der Waals surface area contributed by atoms with E-state index < -0.39 is 0 Å². The zero-order chi connectivity index (χ0) is 20.2. The van der Waals surface area contributed by atoms with E-state index in [0.29, 0.717) is 55.3 Å². The van der Waals surface area contributed by atoms with Crippen molar-refractivity contribution in [3.63, 3.8) is 0 Å². The number of aromatic nitrogens is 4. The third kappa shape index (κ3) is 4.16. The number of H-pyrrole nitrogens is 1. The number of carbonyl (C=O) groups excluding carboxylic acids is 1. The number of hydrogen-bond donors (Lipinski definition) is 1. The highest BCUT2D eigenvalue weighted by Crippen LogP contribution is 2.19. The summed E-state index contributed by atoms with van der Waals surface area (Å²) in [5.41, 5.74) is 2.46. The van der Waals surface area contributed by atoms with Gasteiger partial charge in [0.05, 0.1) is 31.5 Å². The monoisotopic (exact) mass is 391 g/mol. The molecule has 0 aliphatic carbocycles. The van der Waals surface area contributed by atoms with Crippen LogP contribution < -0.4 is 10.3 Å². The summed E-state index contributed by atoms with van der Waals surface area (Å²) >= 11 is 0. The predicted octanol–water partition coefficient (Wildman–Crippen LogP) is 1.75. The van der Waals surface area contributed by atoms with Crippen LogP contribution in [-0.4, -0.2) is 43.9 Å². The van der Waals surface area contributed by atoms with Gasteiger partial charge in [0.15, 0.2) is 5.82 Å². The molecule has 0 radical (unpaired) electrons. The molecule has 1 amide bonds. The molecule has 8 heteroatoms. The number of benzene rings is 1. The van der Waals surface area contributed by atoms with Gasteiger partial charge in [0.2, 0.25) is 5.91 Å². The van der Waals surface area contributed by atoms with E-state index >= 15 is 0 Å². The average molecular weight is 391 g/mol. The first-order valence-electron chi connectivity index (χ1n) is 9.52. The Morgan fingerprint density at radius 3 is 2.79 bits per heavy atom. The molecule has 0 bridgehead atoms. The Morgan fingerprint density at radius 1 is 1.24 bits per heavy atom. The summed E-state index contributed by atoms with van der Waals surface area (Å²) in [6.45, 7) is 3.34. The molecular weight excluding hydrogens is 370 g/mol. The van der Waals surface area contributed by atoms with Crippen molar-refractivity contribution in [2.45, 2.75) is 26.3 Å². The predicted molar refractivity (Wildman–Crippen MR) is 106 cm³/mol. The van der Waals surface area contributed by atoms with Gasteiger partial charge in [-0.3, -0.25) is 14.6 Å². The molecule has 1 aliphatic heterocycles. The lowest BCUT2D eigenvalue weighted by Gasteiger charge is -2.28. The standard InChI is InChI=1S/C21H21N5O3/c1-2-29-15-5-3-14(4-6-15)11-19(27)26-10-7-16-18(13-26)24-20(25-21(16)28)17-12-22-8-9-23-17/h3-6,8-9,12H,2,7,10-11,13H2,1H3,(H,24,25,28).